The number of nitrogens with zero attached hydrogens (tertiary/aromatic N) is 1. The fourth-order valence-electron chi connectivity index (χ4n) is 1.13. The lowest BCUT2D eigenvalue weighted by Gasteiger charge is -2.17. The summed E-state index contributed by atoms with van der Waals surface area (Å²) in [5.41, 5.74) is 0.415. The van der Waals surface area contributed by atoms with Crippen molar-refractivity contribution in [2.45, 2.75) is 66.4 Å². The Kier molecular flexibility index (Phi) is 6.99. The summed E-state index contributed by atoms with van der Waals surface area (Å²) in [7, 11) is 0. The summed E-state index contributed by atoms with van der Waals surface area (Å²) in [4.78, 5) is 5.06. The molecule has 0 bridgehead atoms. The summed E-state index contributed by atoms with van der Waals surface area (Å²) in [5.74, 6) is 0. The number of halogens is 1. The van der Waals surface area contributed by atoms with Gasteiger partial charge in [-0.1, -0.05) is 43.9 Å². The fourth-order valence-corrected chi connectivity index (χ4v) is 1.31. The van der Waals surface area contributed by atoms with E-state index in [0.29, 0.717) is 10.6 Å². The molecule has 0 atom stereocenters. The Morgan fingerprint density at radius 2 is 1.87 bits per heavy atom. The van der Waals surface area contributed by atoms with E-state index in [1.165, 1.54) is 12.8 Å². The molecule has 2 nitrogen and oxygen atoms in total. The molecule has 15 heavy (non-hydrogen) atoms. The van der Waals surface area contributed by atoms with Crippen LogP contribution >= 0.6 is 11.6 Å². The van der Waals surface area contributed by atoms with E-state index >= 15 is 0 Å². The lowest BCUT2D eigenvalue weighted by atomic mass is 9.89. The van der Waals surface area contributed by atoms with Crippen LogP contribution in [0.1, 0.15) is 60.3 Å². The first-order valence-electron chi connectivity index (χ1n) is 5.69. The second-order valence-corrected chi connectivity index (χ2v) is 5.83. The standard InChI is InChI=1S/C12H24ClNO/c1-10(2)15-14-11(13)8-6-7-9-12(3,4)5/h10H,6-9H2,1-5H3. The van der Waals surface area contributed by atoms with Crippen molar-refractivity contribution in [3.05, 3.63) is 0 Å². The van der Waals surface area contributed by atoms with E-state index in [4.69, 9.17) is 16.4 Å². The van der Waals surface area contributed by atoms with E-state index < -0.39 is 0 Å². The predicted octanol–water partition coefficient (Wildman–Crippen LogP) is 4.57. The molecule has 0 spiro atoms. The minimum Gasteiger partial charge on any atom is -0.392 e. The number of hydrogen-bond acceptors (Lipinski definition) is 2. The van der Waals surface area contributed by atoms with Gasteiger partial charge >= 0.3 is 0 Å². The Morgan fingerprint density at radius 3 is 2.33 bits per heavy atom. The van der Waals surface area contributed by atoms with Crippen LogP contribution < -0.4 is 0 Å². The van der Waals surface area contributed by atoms with Crippen LogP contribution in [0.4, 0.5) is 0 Å². The zero-order valence-corrected chi connectivity index (χ0v) is 11.4. The zero-order chi connectivity index (χ0) is 11.9. The maximum absolute atomic E-state index is 5.90. The van der Waals surface area contributed by atoms with E-state index in [1.54, 1.807) is 0 Å². The average Bonchev–Trinajstić information content (AvgIpc) is 2.07. The van der Waals surface area contributed by atoms with Crippen molar-refractivity contribution in [1.29, 1.82) is 0 Å². The second-order valence-electron chi connectivity index (χ2n) is 5.39. The fraction of sp³-hybridized carbons (Fsp3) is 0.917. The zero-order valence-electron chi connectivity index (χ0n) is 10.6. The van der Waals surface area contributed by atoms with E-state index in [-0.39, 0.29) is 6.10 Å². The first-order chi connectivity index (χ1) is 6.81. The Bertz CT molecular complexity index is 194. The molecule has 0 aliphatic carbocycles. The molecule has 0 N–H and O–H groups in total. The van der Waals surface area contributed by atoms with Gasteiger partial charge in [-0.05, 0) is 32.1 Å². The molecule has 3 heteroatoms. The molecular weight excluding hydrogens is 210 g/mol. The van der Waals surface area contributed by atoms with E-state index in [2.05, 4.69) is 25.9 Å². The lowest BCUT2D eigenvalue weighted by Crippen LogP contribution is -2.04. The highest BCUT2D eigenvalue weighted by Crippen LogP contribution is 2.22. The summed E-state index contributed by atoms with van der Waals surface area (Å²) in [6, 6.07) is 0. The molecule has 0 saturated carbocycles. The summed E-state index contributed by atoms with van der Waals surface area (Å²) < 4.78 is 0. The highest BCUT2D eigenvalue weighted by atomic mass is 35.5. The van der Waals surface area contributed by atoms with Gasteiger partial charge in [0.25, 0.3) is 0 Å². The van der Waals surface area contributed by atoms with Gasteiger partial charge in [0.2, 0.25) is 0 Å². The van der Waals surface area contributed by atoms with Crippen LogP contribution in [0, 0.1) is 5.41 Å². The van der Waals surface area contributed by atoms with Crippen molar-refractivity contribution in [3.63, 3.8) is 0 Å². The SMILES string of the molecule is CC(C)ON=C(Cl)CCCCC(C)(C)C. The van der Waals surface area contributed by atoms with Gasteiger partial charge in [0.15, 0.2) is 0 Å². The van der Waals surface area contributed by atoms with Gasteiger partial charge in [-0.15, -0.1) is 0 Å². The Morgan fingerprint density at radius 1 is 1.27 bits per heavy atom. The number of oxime groups is 1. The van der Waals surface area contributed by atoms with Gasteiger partial charge in [-0.3, -0.25) is 0 Å². The summed E-state index contributed by atoms with van der Waals surface area (Å²) in [5, 5.41) is 4.42. The van der Waals surface area contributed by atoms with Crippen molar-refractivity contribution in [2.24, 2.45) is 10.6 Å². The van der Waals surface area contributed by atoms with Crippen molar-refractivity contribution in [1.82, 2.24) is 0 Å². The van der Waals surface area contributed by atoms with Crippen LogP contribution in [0.25, 0.3) is 0 Å². The Balaban J connectivity index is 3.55. The minimum atomic E-state index is 0.105. The molecule has 0 amide bonds. The smallest absolute Gasteiger partial charge is 0.145 e. The van der Waals surface area contributed by atoms with Crippen LogP contribution in [0.15, 0.2) is 5.16 Å². The van der Waals surface area contributed by atoms with Crippen LogP contribution in [-0.4, -0.2) is 11.3 Å². The molecule has 0 aromatic carbocycles. The van der Waals surface area contributed by atoms with Gasteiger partial charge in [-0.2, -0.15) is 0 Å². The van der Waals surface area contributed by atoms with E-state index in [9.17, 15) is 0 Å². The first kappa shape index (κ1) is 14.8. The third kappa shape index (κ3) is 11.7. The van der Waals surface area contributed by atoms with E-state index in [0.717, 1.165) is 12.8 Å². The first-order valence-corrected chi connectivity index (χ1v) is 6.07. The molecule has 0 aromatic heterocycles. The Labute approximate surface area is 99.0 Å². The summed E-state index contributed by atoms with van der Waals surface area (Å²) in [6.45, 7) is 10.6. The van der Waals surface area contributed by atoms with Crippen LogP contribution in [0.5, 0.6) is 0 Å². The van der Waals surface area contributed by atoms with Crippen molar-refractivity contribution in [2.75, 3.05) is 0 Å². The topological polar surface area (TPSA) is 21.6 Å². The van der Waals surface area contributed by atoms with Crippen LogP contribution in [0.2, 0.25) is 0 Å². The molecule has 0 heterocycles. The van der Waals surface area contributed by atoms with Gasteiger partial charge in [-0.25, -0.2) is 0 Å². The summed E-state index contributed by atoms with van der Waals surface area (Å²) >= 11 is 5.90. The van der Waals surface area contributed by atoms with E-state index in [1.807, 2.05) is 13.8 Å². The minimum absolute atomic E-state index is 0.105. The van der Waals surface area contributed by atoms with Gasteiger partial charge in [0.1, 0.15) is 11.3 Å². The normalized spacial score (nSPS) is 13.4. The van der Waals surface area contributed by atoms with Crippen molar-refractivity contribution >= 4 is 16.8 Å². The van der Waals surface area contributed by atoms with Gasteiger partial charge in [0.05, 0.1) is 0 Å². The van der Waals surface area contributed by atoms with Gasteiger partial charge in [0, 0.05) is 6.42 Å². The van der Waals surface area contributed by atoms with Crippen molar-refractivity contribution < 1.29 is 4.84 Å². The molecule has 0 radical (unpaired) electrons. The molecular formula is C12H24ClNO. The molecule has 0 unspecified atom stereocenters. The predicted molar refractivity (Wildman–Crippen MR) is 67.4 cm³/mol. The summed E-state index contributed by atoms with van der Waals surface area (Å²) in [6.07, 6.45) is 4.43. The quantitative estimate of drug-likeness (QED) is 0.374. The van der Waals surface area contributed by atoms with Crippen molar-refractivity contribution in [3.8, 4) is 0 Å². The highest BCUT2D eigenvalue weighted by molar-refractivity contribution is 6.65. The molecule has 0 fully saturated rings. The molecule has 90 valence electrons. The Hall–Kier alpha value is -0.240. The average molecular weight is 234 g/mol. The van der Waals surface area contributed by atoms with Gasteiger partial charge < -0.3 is 4.84 Å². The molecule has 0 aliphatic rings. The second kappa shape index (κ2) is 7.10. The monoisotopic (exact) mass is 233 g/mol. The molecule has 0 rings (SSSR count). The van der Waals surface area contributed by atoms with Crippen LogP contribution in [-0.2, 0) is 4.84 Å². The maximum Gasteiger partial charge on any atom is 0.145 e. The number of unbranched alkanes of at least 4 members (excludes halogenated alkanes) is 1. The third-order valence-electron chi connectivity index (χ3n) is 1.92. The molecule has 0 aromatic rings. The largest absolute Gasteiger partial charge is 0.392 e. The lowest BCUT2D eigenvalue weighted by molar-refractivity contribution is 0.0861. The number of rotatable bonds is 6. The molecule has 0 aliphatic heterocycles. The third-order valence-corrected chi connectivity index (χ3v) is 2.18. The highest BCUT2D eigenvalue weighted by Gasteiger charge is 2.09. The maximum atomic E-state index is 5.90. The van der Waals surface area contributed by atoms with Crippen LogP contribution in [0.3, 0.4) is 0 Å². The number of hydrogen-bond donors (Lipinski definition) is 0. The molecule has 0 saturated heterocycles.